The summed E-state index contributed by atoms with van der Waals surface area (Å²) in [6.07, 6.45) is 6.37. The summed E-state index contributed by atoms with van der Waals surface area (Å²) in [6.45, 7) is 4.21. The van der Waals surface area contributed by atoms with Gasteiger partial charge in [0.2, 0.25) is 0 Å². The summed E-state index contributed by atoms with van der Waals surface area (Å²) in [5.41, 5.74) is 2.50. The third-order valence-electron chi connectivity index (χ3n) is 2.02. The van der Waals surface area contributed by atoms with Gasteiger partial charge in [0.25, 0.3) is 0 Å². The summed E-state index contributed by atoms with van der Waals surface area (Å²) in [4.78, 5) is 7.98. The first-order chi connectivity index (χ1) is 7.34. The molecule has 0 amide bonds. The van der Waals surface area contributed by atoms with Crippen LogP contribution in [0.2, 0.25) is 0 Å². The minimum Gasteiger partial charge on any atom is -0.265 e. The van der Waals surface area contributed by atoms with Crippen LogP contribution in [0, 0.1) is 6.92 Å². The van der Waals surface area contributed by atoms with Crippen LogP contribution in [0.25, 0.3) is 0 Å². The van der Waals surface area contributed by atoms with E-state index in [1.54, 1.807) is 12.4 Å². The van der Waals surface area contributed by atoms with Crippen molar-refractivity contribution in [2.75, 3.05) is 0 Å². The van der Waals surface area contributed by atoms with Gasteiger partial charge in [0.1, 0.15) is 0 Å². The molecule has 2 nitrogen and oxygen atoms in total. The molecular formula is C13H16N2. The number of rotatable bonds is 1. The van der Waals surface area contributed by atoms with Crippen LogP contribution in [0.4, 0.5) is 0 Å². The number of aromatic nitrogens is 2. The molecule has 0 fully saturated rings. The highest BCUT2D eigenvalue weighted by Crippen LogP contribution is 2.02. The first-order valence-corrected chi connectivity index (χ1v) is 5.10. The lowest BCUT2D eigenvalue weighted by Crippen LogP contribution is -1.88. The molecule has 78 valence electrons. The van der Waals surface area contributed by atoms with Crippen molar-refractivity contribution in [3.05, 3.63) is 60.2 Å². The fourth-order valence-electron chi connectivity index (χ4n) is 1.20. The Morgan fingerprint density at radius 1 is 1.00 bits per heavy atom. The second-order valence-corrected chi connectivity index (χ2v) is 3.15. The highest BCUT2D eigenvalue weighted by molar-refractivity contribution is 5.16. The first-order valence-electron chi connectivity index (χ1n) is 5.10. The van der Waals surface area contributed by atoms with Crippen molar-refractivity contribution in [1.29, 1.82) is 0 Å². The van der Waals surface area contributed by atoms with Gasteiger partial charge in [-0.15, -0.1) is 0 Å². The second-order valence-electron chi connectivity index (χ2n) is 3.15. The van der Waals surface area contributed by atoms with E-state index < -0.39 is 0 Å². The molecule has 0 unspecified atom stereocenters. The molecule has 0 aliphatic heterocycles. The summed E-state index contributed by atoms with van der Waals surface area (Å²) in [6, 6.07) is 9.77. The zero-order valence-electron chi connectivity index (χ0n) is 9.22. The molecule has 0 aliphatic rings. The van der Waals surface area contributed by atoms with Gasteiger partial charge in [0, 0.05) is 24.3 Å². The van der Waals surface area contributed by atoms with Gasteiger partial charge in [-0.25, -0.2) is 0 Å². The van der Waals surface area contributed by atoms with Crippen molar-refractivity contribution in [3.63, 3.8) is 0 Å². The molecule has 2 heterocycles. The molecule has 0 atom stereocenters. The maximum atomic E-state index is 4.20. The van der Waals surface area contributed by atoms with Gasteiger partial charge in [-0.2, -0.15) is 0 Å². The lowest BCUT2D eigenvalue weighted by molar-refractivity contribution is 1.01. The standard InChI is InChI=1S/C8H11N.C5H5N/c1-3-8-7(2)5-4-6-9-8;1-2-4-6-5-3-1/h4-6H,3H2,1-2H3;1-5H. The van der Waals surface area contributed by atoms with Crippen molar-refractivity contribution >= 4 is 0 Å². The van der Waals surface area contributed by atoms with Crippen LogP contribution in [-0.4, -0.2) is 9.97 Å². The van der Waals surface area contributed by atoms with E-state index in [2.05, 4.69) is 29.9 Å². The van der Waals surface area contributed by atoms with Crippen molar-refractivity contribution in [3.8, 4) is 0 Å². The molecular weight excluding hydrogens is 184 g/mol. The van der Waals surface area contributed by atoms with E-state index in [0.29, 0.717) is 0 Å². The zero-order valence-corrected chi connectivity index (χ0v) is 9.22. The molecule has 0 aromatic carbocycles. The number of hydrogen-bond acceptors (Lipinski definition) is 2. The molecule has 2 aromatic rings. The Balaban J connectivity index is 0.000000162. The smallest absolute Gasteiger partial charge is 0.0429 e. The summed E-state index contributed by atoms with van der Waals surface area (Å²) >= 11 is 0. The summed E-state index contributed by atoms with van der Waals surface area (Å²) in [5.74, 6) is 0. The minimum absolute atomic E-state index is 1.03. The van der Waals surface area contributed by atoms with E-state index in [4.69, 9.17) is 0 Å². The lowest BCUT2D eigenvalue weighted by atomic mass is 10.2. The van der Waals surface area contributed by atoms with Gasteiger partial charge in [0.05, 0.1) is 0 Å². The topological polar surface area (TPSA) is 25.8 Å². The Hall–Kier alpha value is -1.70. The van der Waals surface area contributed by atoms with Crippen LogP contribution in [0.15, 0.2) is 48.9 Å². The van der Waals surface area contributed by atoms with E-state index in [1.165, 1.54) is 11.3 Å². The van der Waals surface area contributed by atoms with Gasteiger partial charge in [-0.3, -0.25) is 9.97 Å². The van der Waals surface area contributed by atoms with E-state index in [-0.39, 0.29) is 0 Å². The second kappa shape index (κ2) is 6.71. The van der Waals surface area contributed by atoms with Crippen molar-refractivity contribution in [1.82, 2.24) is 9.97 Å². The van der Waals surface area contributed by atoms with Gasteiger partial charge in [-0.05, 0) is 37.1 Å². The Morgan fingerprint density at radius 3 is 2.07 bits per heavy atom. The average Bonchev–Trinajstić information content (AvgIpc) is 2.33. The van der Waals surface area contributed by atoms with Gasteiger partial charge in [-0.1, -0.05) is 19.1 Å². The van der Waals surface area contributed by atoms with E-state index in [1.807, 2.05) is 30.5 Å². The van der Waals surface area contributed by atoms with Crippen LogP contribution in [-0.2, 0) is 6.42 Å². The number of aryl methyl sites for hydroxylation is 2. The third-order valence-corrected chi connectivity index (χ3v) is 2.02. The summed E-state index contributed by atoms with van der Waals surface area (Å²) < 4.78 is 0. The average molecular weight is 200 g/mol. The van der Waals surface area contributed by atoms with Crippen molar-refractivity contribution in [2.24, 2.45) is 0 Å². The fraction of sp³-hybridized carbons (Fsp3) is 0.231. The van der Waals surface area contributed by atoms with E-state index >= 15 is 0 Å². The molecule has 0 spiro atoms. The molecule has 0 saturated carbocycles. The summed E-state index contributed by atoms with van der Waals surface area (Å²) in [5, 5.41) is 0. The Bertz CT molecular complexity index is 345. The van der Waals surface area contributed by atoms with Crippen molar-refractivity contribution < 1.29 is 0 Å². The van der Waals surface area contributed by atoms with Crippen LogP contribution < -0.4 is 0 Å². The molecule has 0 bridgehead atoms. The molecule has 15 heavy (non-hydrogen) atoms. The molecule has 0 radical (unpaired) electrons. The molecule has 0 saturated heterocycles. The minimum atomic E-state index is 1.03. The number of pyridine rings is 2. The SMILES string of the molecule is CCc1ncccc1C.c1ccncc1. The van der Waals surface area contributed by atoms with Gasteiger partial charge in [0.15, 0.2) is 0 Å². The predicted molar refractivity (Wildman–Crippen MR) is 62.6 cm³/mol. The molecule has 0 N–H and O–H groups in total. The van der Waals surface area contributed by atoms with Crippen LogP contribution in [0.3, 0.4) is 0 Å². The molecule has 2 aromatic heterocycles. The van der Waals surface area contributed by atoms with Crippen LogP contribution in [0.5, 0.6) is 0 Å². The van der Waals surface area contributed by atoms with E-state index in [9.17, 15) is 0 Å². The van der Waals surface area contributed by atoms with E-state index in [0.717, 1.165) is 6.42 Å². The monoisotopic (exact) mass is 200 g/mol. The normalized spacial score (nSPS) is 8.93. The maximum absolute atomic E-state index is 4.20. The maximum Gasteiger partial charge on any atom is 0.0429 e. The largest absolute Gasteiger partial charge is 0.265 e. The molecule has 0 aliphatic carbocycles. The van der Waals surface area contributed by atoms with Gasteiger partial charge >= 0.3 is 0 Å². The quantitative estimate of drug-likeness (QED) is 0.707. The fourth-order valence-corrected chi connectivity index (χ4v) is 1.20. The Labute approximate surface area is 91.0 Å². The molecule has 2 rings (SSSR count). The van der Waals surface area contributed by atoms with Crippen LogP contribution in [0.1, 0.15) is 18.2 Å². The lowest BCUT2D eigenvalue weighted by Gasteiger charge is -1.97. The van der Waals surface area contributed by atoms with Crippen LogP contribution >= 0.6 is 0 Å². The third kappa shape index (κ3) is 4.36. The number of nitrogens with zero attached hydrogens (tertiary/aromatic N) is 2. The molecule has 2 heteroatoms. The first kappa shape index (κ1) is 11.4. The highest BCUT2D eigenvalue weighted by atomic mass is 14.7. The number of hydrogen-bond donors (Lipinski definition) is 0. The Kier molecular flexibility index (Phi) is 5.09. The predicted octanol–water partition coefficient (Wildman–Crippen LogP) is 3.03. The van der Waals surface area contributed by atoms with Crippen molar-refractivity contribution in [2.45, 2.75) is 20.3 Å². The Morgan fingerprint density at radius 2 is 1.73 bits per heavy atom. The summed E-state index contributed by atoms with van der Waals surface area (Å²) in [7, 11) is 0. The highest BCUT2D eigenvalue weighted by Gasteiger charge is 1.91. The van der Waals surface area contributed by atoms with Gasteiger partial charge < -0.3 is 0 Å². The zero-order chi connectivity index (χ0) is 10.9.